The molecule has 1 N–H and O–H groups in total. The third-order valence-corrected chi connectivity index (χ3v) is 6.59. The van der Waals surface area contributed by atoms with Gasteiger partial charge in [-0.15, -0.1) is 4.72 Å². The Hall–Kier alpha value is -1.25. The summed E-state index contributed by atoms with van der Waals surface area (Å²) in [5.74, 6) is -0.120. The lowest BCUT2D eigenvalue weighted by atomic mass is 10.0. The van der Waals surface area contributed by atoms with Crippen LogP contribution in [0, 0.1) is 11.7 Å². The lowest BCUT2D eigenvalue weighted by Crippen LogP contribution is -2.45. The highest BCUT2D eigenvalue weighted by atomic mass is 32.2. The van der Waals surface area contributed by atoms with Gasteiger partial charge in [-0.3, -0.25) is 0 Å². The summed E-state index contributed by atoms with van der Waals surface area (Å²) in [4.78, 5) is 0. The number of nitrogens with zero attached hydrogens (tertiary/aromatic N) is 1. The normalized spacial score (nSPS) is 17.9. The highest BCUT2D eigenvalue weighted by Gasteiger charge is 2.47. The van der Waals surface area contributed by atoms with Gasteiger partial charge in [0, 0.05) is 40.6 Å². The van der Waals surface area contributed by atoms with E-state index >= 15 is 0 Å². The average Bonchev–Trinajstić information content (AvgIpc) is 3.34. The first-order valence-corrected chi connectivity index (χ1v) is 11.0. The fraction of sp³-hybridized carbons (Fsp3) is 0.619. The highest BCUT2D eigenvalue weighted by Crippen LogP contribution is 2.44. The molecule has 29 heavy (non-hydrogen) atoms. The molecule has 2 aromatic rings. The minimum atomic E-state index is -4.68. The van der Waals surface area contributed by atoms with E-state index in [1.807, 2.05) is 13.8 Å². The van der Waals surface area contributed by atoms with Crippen molar-refractivity contribution < 1.29 is 22.1 Å². The molecular formula is C21H28F4N2OS. The van der Waals surface area contributed by atoms with Gasteiger partial charge in [0.2, 0.25) is 0 Å². The summed E-state index contributed by atoms with van der Waals surface area (Å²) in [6.07, 6.45) is -1.44. The van der Waals surface area contributed by atoms with Gasteiger partial charge < -0.3 is 9.12 Å². The van der Waals surface area contributed by atoms with Crippen LogP contribution >= 0.6 is 0 Å². The maximum absolute atomic E-state index is 14.7. The Bertz CT molecular complexity index is 881. The molecule has 0 aliphatic heterocycles. The predicted molar refractivity (Wildman–Crippen MR) is 109 cm³/mol. The van der Waals surface area contributed by atoms with Crippen LogP contribution in [0.4, 0.5) is 17.6 Å². The van der Waals surface area contributed by atoms with Crippen molar-refractivity contribution in [1.82, 2.24) is 9.29 Å². The van der Waals surface area contributed by atoms with E-state index < -0.39 is 34.1 Å². The van der Waals surface area contributed by atoms with Crippen molar-refractivity contribution in [2.24, 2.45) is 5.92 Å². The third kappa shape index (κ3) is 4.91. The summed E-state index contributed by atoms with van der Waals surface area (Å²) in [6, 6.07) is 0.766. The van der Waals surface area contributed by atoms with Gasteiger partial charge in [0.05, 0.1) is 0 Å². The maximum Gasteiger partial charge on any atom is 0.412 e. The van der Waals surface area contributed by atoms with Crippen LogP contribution in [0.2, 0.25) is 0 Å². The Morgan fingerprint density at radius 1 is 1.21 bits per heavy atom. The number of aromatic nitrogens is 1. The first-order valence-electron chi connectivity index (χ1n) is 9.86. The molecular weight excluding hydrogens is 404 g/mol. The monoisotopic (exact) mass is 432 g/mol. The van der Waals surface area contributed by atoms with E-state index in [2.05, 4.69) is 4.72 Å². The van der Waals surface area contributed by atoms with Gasteiger partial charge >= 0.3 is 6.18 Å². The quantitative estimate of drug-likeness (QED) is 0.451. The molecule has 0 bridgehead atoms. The van der Waals surface area contributed by atoms with E-state index in [-0.39, 0.29) is 22.8 Å². The van der Waals surface area contributed by atoms with E-state index in [0.717, 1.165) is 12.8 Å². The summed E-state index contributed by atoms with van der Waals surface area (Å²) in [7, 11) is 0. The fourth-order valence-corrected chi connectivity index (χ4v) is 4.25. The molecule has 162 valence electrons. The Kier molecular flexibility index (Phi) is 6.02. The van der Waals surface area contributed by atoms with Gasteiger partial charge in [-0.05, 0) is 63.1 Å². The van der Waals surface area contributed by atoms with Crippen LogP contribution in [0.5, 0.6) is 0 Å². The molecule has 2 atom stereocenters. The molecule has 1 fully saturated rings. The molecule has 1 aliphatic rings. The zero-order valence-corrected chi connectivity index (χ0v) is 18.2. The number of fused-ring (bicyclic) bond motifs is 1. The van der Waals surface area contributed by atoms with Gasteiger partial charge in [0.25, 0.3) is 0 Å². The van der Waals surface area contributed by atoms with Crippen molar-refractivity contribution in [3.8, 4) is 0 Å². The van der Waals surface area contributed by atoms with E-state index in [9.17, 15) is 22.1 Å². The Morgan fingerprint density at radius 3 is 2.31 bits per heavy atom. The number of hydrogen-bond acceptors (Lipinski definition) is 2. The molecule has 3 rings (SSSR count). The molecule has 0 amide bonds. The standard InChI is InChI=1S/C21H28F4N2OS/c1-12(2)10-27-11-16(19(21(23,24)25)26-29(28)20(3,4)5)15-8-17(22)14(9-18(15)27)13-6-7-13/h8-9,11-13,19,26H,6-7,10H2,1-5H3/t19-,29-/m0/s1. The van der Waals surface area contributed by atoms with Crippen molar-refractivity contribution in [2.45, 2.75) is 76.9 Å². The number of rotatable bonds is 6. The van der Waals surface area contributed by atoms with E-state index in [1.54, 1.807) is 31.4 Å². The molecule has 0 saturated heterocycles. The largest absolute Gasteiger partial charge is 0.598 e. The molecule has 1 saturated carbocycles. The van der Waals surface area contributed by atoms with Crippen LogP contribution < -0.4 is 4.72 Å². The topological polar surface area (TPSA) is 40.0 Å². The van der Waals surface area contributed by atoms with Gasteiger partial charge in [0.15, 0.2) is 6.04 Å². The number of benzene rings is 1. The summed E-state index contributed by atoms with van der Waals surface area (Å²) < 4.78 is 72.2. The van der Waals surface area contributed by atoms with E-state index in [1.165, 1.54) is 12.3 Å². The minimum Gasteiger partial charge on any atom is -0.598 e. The summed E-state index contributed by atoms with van der Waals surface area (Å²) in [6.45, 7) is 9.28. The molecule has 1 heterocycles. The lowest BCUT2D eigenvalue weighted by Gasteiger charge is -2.29. The van der Waals surface area contributed by atoms with Gasteiger partial charge in [-0.1, -0.05) is 13.8 Å². The van der Waals surface area contributed by atoms with Crippen LogP contribution in [0.3, 0.4) is 0 Å². The van der Waals surface area contributed by atoms with Crippen molar-refractivity contribution in [1.29, 1.82) is 0 Å². The Morgan fingerprint density at radius 2 is 1.83 bits per heavy atom. The molecule has 0 spiro atoms. The first kappa shape index (κ1) is 22.4. The average molecular weight is 433 g/mol. The molecule has 8 heteroatoms. The van der Waals surface area contributed by atoms with E-state index in [4.69, 9.17) is 0 Å². The van der Waals surface area contributed by atoms with Crippen molar-refractivity contribution in [2.75, 3.05) is 0 Å². The molecule has 1 aliphatic carbocycles. The van der Waals surface area contributed by atoms with Crippen LogP contribution in [-0.4, -0.2) is 20.0 Å². The van der Waals surface area contributed by atoms with Crippen molar-refractivity contribution >= 4 is 22.3 Å². The van der Waals surface area contributed by atoms with Crippen LogP contribution in [0.15, 0.2) is 18.3 Å². The lowest BCUT2D eigenvalue weighted by molar-refractivity contribution is -0.152. The second-order valence-electron chi connectivity index (χ2n) is 9.27. The molecule has 1 aromatic heterocycles. The molecule has 1 aromatic carbocycles. The minimum absolute atomic E-state index is 0.0907. The zero-order chi connectivity index (χ0) is 21.7. The maximum atomic E-state index is 14.7. The second-order valence-corrected chi connectivity index (χ2v) is 11.3. The van der Waals surface area contributed by atoms with Crippen molar-refractivity contribution in [3.63, 3.8) is 0 Å². The number of nitrogens with one attached hydrogen (secondary N) is 1. The fourth-order valence-electron chi connectivity index (χ4n) is 3.43. The summed E-state index contributed by atoms with van der Waals surface area (Å²) in [5, 5.41) is 0.216. The SMILES string of the molecule is CC(C)Cn1cc([C@H](N[S@@+]([O-])C(C)(C)C)C(F)(F)F)c2cc(F)c(C3CC3)cc21. The second kappa shape index (κ2) is 7.78. The Labute approximate surface area is 172 Å². The summed E-state index contributed by atoms with van der Waals surface area (Å²) in [5.41, 5.74) is 1.07. The zero-order valence-electron chi connectivity index (χ0n) is 17.4. The third-order valence-electron chi connectivity index (χ3n) is 5.03. The van der Waals surface area contributed by atoms with Crippen LogP contribution in [0.1, 0.15) is 70.5 Å². The smallest absolute Gasteiger partial charge is 0.412 e. The number of alkyl halides is 3. The summed E-state index contributed by atoms with van der Waals surface area (Å²) >= 11 is -1.94. The Balaban J connectivity index is 2.15. The predicted octanol–water partition coefficient (Wildman–Crippen LogP) is 5.97. The van der Waals surface area contributed by atoms with Crippen LogP contribution in [-0.2, 0) is 17.9 Å². The van der Waals surface area contributed by atoms with Gasteiger partial charge in [-0.25, -0.2) is 4.39 Å². The molecule has 0 radical (unpaired) electrons. The van der Waals surface area contributed by atoms with E-state index in [0.29, 0.717) is 17.6 Å². The number of halogens is 4. The first-order chi connectivity index (χ1) is 13.3. The van der Waals surface area contributed by atoms with Crippen molar-refractivity contribution in [3.05, 3.63) is 35.3 Å². The highest BCUT2D eigenvalue weighted by molar-refractivity contribution is 7.90. The van der Waals surface area contributed by atoms with Gasteiger partial charge in [0.1, 0.15) is 10.6 Å². The molecule has 0 unspecified atom stereocenters. The van der Waals surface area contributed by atoms with Gasteiger partial charge in [-0.2, -0.15) is 13.2 Å². The number of hydrogen-bond donors (Lipinski definition) is 1. The van der Waals surface area contributed by atoms with Crippen LogP contribution in [0.25, 0.3) is 10.9 Å². The molecule has 3 nitrogen and oxygen atoms in total.